The number of likely N-dealkylation sites (tertiary alicyclic amines) is 1. The zero-order valence-corrected chi connectivity index (χ0v) is 20.0. The van der Waals surface area contributed by atoms with Crippen molar-refractivity contribution in [1.82, 2.24) is 14.9 Å². The van der Waals surface area contributed by atoms with Crippen LogP contribution in [-0.4, -0.2) is 44.8 Å². The molecular weight excluding hydrogens is 502 g/mol. The Balaban J connectivity index is 1.52. The van der Waals surface area contributed by atoms with Gasteiger partial charge in [0.15, 0.2) is 0 Å². The van der Waals surface area contributed by atoms with E-state index in [1.165, 1.54) is 29.2 Å². The third-order valence-electron chi connectivity index (χ3n) is 5.79. The van der Waals surface area contributed by atoms with E-state index in [2.05, 4.69) is 16.6 Å². The summed E-state index contributed by atoms with van der Waals surface area (Å²) in [5, 5.41) is 3.34. The van der Waals surface area contributed by atoms with Crippen molar-refractivity contribution in [2.45, 2.75) is 25.6 Å². The summed E-state index contributed by atoms with van der Waals surface area (Å²) in [4.78, 5) is 26.4. The molecule has 1 fully saturated rings. The van der Waals surface area contributed by atoms with Crippen LogP contribution in [0.1, 0.15) is 33.5 Å². The molecule has 0 unspecified atom stereocenters. The second-order valence-corrected chi connectivity index (χ2v) is 10.1. The van der Waals surface area contributed by atoms with Gasteiger partial charge in [0.1, 0.15) is 5.82 Å². The van der Waals surface area contributed by atoms with Gasteiger partial charge in [-0.15, -0.1) is 0 Å². The van der Waals surface area contributed by atoms with E-state index < -0.39 is 39.4 Å². The lowest BCUT2D eigenvalue weighted by Gasteiger charge is -2.17. The Bertz CT molecular complexity index is 1230. The second-order valence-electron chi connectivity index (χ2n) is 8.42. The van der Waals surface area contributed by atoms with Gasteiger partial charge in [0.25, 0.3) is 5.91 Å². The highest BCUT2D eigenvalue weighted by atomic mass is 32.2. The van der Waals surface area contributed by atoms with Gasteiger partial charge in [-0.25, -0.2) is 17.5 Å². The second kappa shape index (κ2) is 11.2. The van der Waals surface area contributed by atoms with Crippen molar-refractivity contribution in [1.29, 1.82) is 0 Å². The molecule has 0 aliphatic carbocycles. The van der Waals surface area contributed by atoms with E-state index in [-0.39, 0.29) is 36.6 Å². The van der Waals surface area contributed by atoms with Crippen molar-refractivity contribution in [3.63, 3.8) is 0 Å². The average molecular weight is 528 g/mol. The summed E-state index contributed by atoms with van der Waals surface area (Å²) in [6.07, 6.45) is -4.17. The zero-order valence-electron chi connectivity index (χ0n) is 19.1. The van der Waals surface area contributed by atoms with Gasteiger partial charge in [-0.3, -0.25) is 9.59 Å². The Morgan fingerprint density at radius 3 is 2.44 bits per heavy atom. The smallest absolute Gasteiger partial charge is 0.352 e. The highest BCUT2D eigenvalue weighted by Gasteiger charge is 2.30. The van der Waals surface area contributed by atoms with Gasteiger partial charge < -0.3 is 10.2 Å². The van der Waals surface area contributed by atoms with Crippen LogP contribution in [0.15, 0.2) is 54.5 Å². The molecule has 0 saturated carbocycles. The van der Waals surface area contributed by atoms with Crippen LogP contribution < -0.4 is 10.0 Å². The Kier molecular flexibility index (Phi) is 8.51. The van der Waals surface area contributed by atoms with Gasteiger partial charge in [-0.1, -0.05) is 24.8 Å². The number of hydrogen-bond donors (Lipinski definition) is 2. The van der Waals surface area contributed by atoms with Crippen LogP contribution in [0.5, 0.6) is 0 Å². The fourth-order valence-electron chi connectivity index (χ4n) is 3.73. The van der Waals surface area contributed by atoms with Gasteiger partial charge in [0.2, 0.25) is 15.9 Å². The summed E-state index contributed by atoms with van der Waals surface area (Å²) in [6.45, 7) is 4.07. The van der Waals surface area contributed by atoms with Crippen molar-refractivity contribution in [3.8, 4) is 0 Å². The molecule has 1 heterocycles. The standard InChI is InChI=1S/C24H25F4N3O4S/c1-2-36(34,35)30-14-17-9-10-31(15-17)23(33)19-6-5-18(21(25)11-19)12-22(32)29-13-16-3-7-20(8-4-16)24(26,27)28/h2-8,11,17,30H,1,9-10,12-15H2,(H,29,32)/t17-/m0/s1. The summed E-state index contributed by atoms with van der Waals surface area (Å²) in [5.74, 6) is -1.75. The van der Waals surface area contributed by atoms with E-state index >= 15 is 0 Å². The molecule has 0 bridgehead atoms. The number of carbonyl (C=O) groups is 2. The number of alkyl halides is 3. The number of rotatable bonds is 9. The van der Waals surface area contributed by atoms with Gasteiger partial charge in [0.05, 0.1) is 12.0 Å². The molecule has 36 heavy (non-hydrogen) atoms. The molecule has 2 aromatic carbocycles. The zero-order chi connectivity index (χ0) is 26.5. The first-order chi connectivity index (χ1) is 16.9. The summed E-state index contributed by atoms with van der Waals surface area (Å²) < 4.78 is 77.8. The molecule has 7 nitrogen and oxygen atoms in total. The van der Waals surface area contributed by atoms with E-state index in [4.69, 9.17) is 0 Å². The first-order valence-corrected chi connectivity index (χ1v) is 12.5. The van der Waals surface area contributed by atoms with Crippen LogP contribution in [0.3, 0.4) is 0 Å². The van der Waals surface area contributed by atoms with Crippen LogP contribution >= 0.6 is 0 Å². The van der Waals surface area contributed by atoms with Gasteiger partial charge in [-0.2, -0.15) is 13.2 Å². The van der Waals surface area contributed by atoms with Crippen LogP contribution in [0.25, 0.3) is 0 Å². The van der Waals surface area contributed by atoms with E-state index in [1.807, 2.05) is 0 Å². The quantitative estimate of drug-likeness (QED) is 0.490. The maximum atomic E-state index is 14.6. The molecule has 2 N–H and O–H groups in total. The number of hydrogen-bond acceptors (Lipinski definition) is 4. The largest absolute Gasteiger partial charge is 0.416 e. The van der Waals surface area contributed by atoms with Crippen LogP contribution in [0.4, 0.5) is 17.6 Å². The molecule has 1 saturated heterocycles. The summed E-state index contributed by atoms with van der Waals surface area (Å²) in [7, 11) is -3.56. The molecule has 1 aliphatic heterocycles. The molecule has 1 atom stereocenters. The Hall–Kier alpha value is -3.25. The molecule has 0 spiro atoms. The lowest BCUT2D eigenvalue weighted by Crippen LogP contribution is -2.32. The monoisotopic (exact) mass is 527 g/mol. The van der Waals surface area contributed by atoms with Crippen molar-refractivity contribution in [3.05, 3.63) is 82.5 Å². The third kappa shape index (κ3) is 7.37. The number of amides is 2. The molecule has 1 aliphatic rings. The lowest BCUT2D eigenvalue weighted by atomic mass is 10.1. The number of benzene rings is 2. The van der Waals surface area contributed by atoms with E-state index in [0.29, 0.717) is 25.1 Å². The number of nitrogens with one attached hydrogen (secondary N) is 2. The number of sulfonamides is 1. The fourth-order valence-corrected chi connectivity index (χ4v) is 4.32. The van der Waals surface area contributed by atoms with Crippen LogP contribution in [0, 0.1) is 11.7 Å². The van der Waals surface area contributed by atoms with Crippen LogP contribution in [-0.2, 0) is 34.0 Å². The third-order valence-corrected chi connectivity index (χ3v) is 6.80. The first kappa shape index (κ1) is 27.3. The highest BCUT2D eigenvalue weighted by molar-refractivity contribution is 7.92. The lowest BCUT2D eigenvalue weighted by molar-refractivity contribution is -0.137. The Morgan fingerprint density at radius 1 is 1.14 bits per heavy atom. The number of carbonyl (C=O) groups excluding carboxylic acids is 2. The molecule has 2 amide bonds. The van der Waals surface area contributed by atoms with E-state index in [9.17, 15) is 35.6 Å². The predicted octanol–water partition coefficient (Wildman–Crippen LogP) is 3.23. The Morgan fingerprint density at radius 2 is 1.83 bits per heavy atom. The molecule has 2 aromatic rings. The Labute approximate surface area is 206 Å². The minimum atomic E-state index is -4.45. The minimum Gasteiger partial charge on any atom is -0.352 e. The summed E-state index contributed by atoms with van der Waals surface area (Å²) >= 11 is 0. The van der Waals surface area contributed by atoms with Crippen molar-refractivity contribution >= 4 is 21.8 Å². The van der Waals surface area contributed by atoms with Crippen LogP contribution in [0.2, 0.25) is 0 Å². The van der Waals surface area contributed by atoms with E-state index in [0.717, 1.165) is 23.6 Å². The molecule has 194 valence electrons. The molecule has 0 radical (unpaired) electrons. The fraction of sp³-hybridized carbons (Fsp3) is 0.333. The van der Waals surface area contributed by atoms with Gasteiger partial charge >= 0.3 is 6.18 Å². The molecule has 12 heteroatoms. The van der Waals surface area contributed by atoms with Gasteiger partial charge in [-0.05, 0) is 47.7 Å². The highest BCUT2D eigenvalue weighted by Crippen LogP contribution is 2.29. The molecule has 0 aromatic heterocycles. The normalized spacial score (nSPS) is 16.1. The van der Waals surface area contributed by atoms with Crippen molar-refractivity contribution in [2.75, 3.05) is 19.6 Å². The minimum absolute atomic E-state index is 0.0196. The summed E-state index contributed by atoms with van der Waals surface area (Å²) in [6, 6.07) is 8.14. The predicted molar refractivity (Wildman–Crippen MR) is 125 cm³/mol. The molecular formula is C24H25F4N3O4S. The topological polar surface area (TPSA) is 95.6 Å². The number of nitrogens with zero attached hydrogens (tertiary/aromatic N) is 1. The van der Waals surface area contributed by atoms with Crippen molar-refractivity contribution in [2.24, 2.45) is 5.92 Å². The summed E-state index contributed by atoms with van der Waals surface area (Å²) in [5.41, 5.74) is -0.168. The SMILES string of the molecule is C=CS(=O)(=O)NC[C@@H]1CCN(C(=O)c2ccc(CC(=O)NCc3ccc(C(F)(F)F)cc3)c(F)c2)C1. The maximum Gasteiger partial charge on any atom is 0.416 e. The molecule has 3 rings (SSSR count). The van der Waals surface area contributed by atoms with E-state index in [1.54, 1.807) is 0 Å². The average Bonchev–Trinajstić information content (AvgIpc) is 3.31. The van der Waals surface area contributed by atoms with Gasteiger partial charge in [0, 0.05) is 37.2 Å². The first-order valence-electron chi connectivity index (χ1n) is 11.0. The number of halogens is 4. The maximum absolute atomic E-state index is 14.6. The van der Waals surface area contributed by atoms with Crippen molar-refractivity contribution < 1.29 is 35.6 Å².